The zero-order valence-corrected chi connectivity index (χ0v) is 13.8. The lowest BCUT2D eigenvalue weighted by molar-refractivity contribution is -0.326. The van der Waals surface area contributed by atoms with E-state index in [0.717, 1.165) is 20.9 Å². The molecule has 1 heterocycles. The first-order valence-corrected chi connectivity index (χ1v) is 7.32. The van der Waals surface area contributed by atoms with E-state index in [9.17, 15) is 44.7 Å². The van der Waals surface area contributed by atoms with E-state index in [4.69, 9.17) is 0 Å². The Morgan fingerprint density at radius 3 is 2.07 bits per heavy atom. The van der Waals surface area contributed by atoms with Crippen LogP contribution in [0.5, 0.6) is 0 Å². The van der Waals surface area contributed by atoms with Crippen molar-refractivity contribution >= 4 is 11.6 Å². The highest BCUT2D eigenvalue weighted by molar-refractivity contribution is 5.96. The number of hydrogen-bond acceptors (Lipinski definition) is 2. The molecule has 0 unspecified atom stereocenters. The van der Waals surface area contributed by atoms with Gasteiger partial charge in [-0.05, 0) is 12.1 Å². The van der Waals surface area contributed by atoms with Gasteiger partial charge in [0.05, 0.1) is 11.9 Å². The van der Waals surface area contributed by atoms with E-state index in [0.29, 0.717) is 0 Å². The van der Waals surface area contributed by atoms with E-state index in [1.807, 2.05) is 0 Å². The normalized spacial score (nSPS) is 13.1. The average Bonchev–Trinajstić information content (AvgIpc) is 2.88. The lowest BCUT2D eigenvalue weighted by atomic mass is 10.0. The van der Waals surface area contributed by atoms with Gasteiger partial charge in [0.1, 0.15) is 5.69 Å². The van der Waals surface area contributed by atoms with Gasteiger partial charge < -0.3 is 5.32 Å². The largest absolute Gasteiger partial charge is 0.393 e. The smallest absolute Gasteiger partial charge is 0.315 e. The lowest BCUT2D eigenvalue weighted by Gasteiger charge is -2.31. The molecule has 0 atom stereocenters. The Morgan fingerprint density at radius 2 is 1.57 bits per heavy atom. The van der Waals surface area contributed by atoms with Crippen molar-refractivity contribution in [2.45, 2.75) is 24.2 Å². The molecule has 5 nitrogen and oxygen atoms in total. The summed E-state index contributed by atoms with van der Waals surface area (Å²) < 4.78 is 106. The summed E-state index contributed by atoms with van der Waals surface area (Å²) in [5.41, 5.74) is -1.90. The Hall–Kier alpha value is -2.86. The van der Waals surface area contributed by atoms with Crippen molar-refractivity contribution in [2.24, 2.45) is 7.05 Å². The number of rotatable bonds is 6. The fourth-order valence-electron chi connectivity index (χ4n) is 2.20. The van der Waals surface area contributed by atoms with Crippen LogP contribution in [0.25, 0.3) is 5.69 Å². The molecule has 2 aromatic rings. The first kappa shape index (κ1) is 21.4. The van der Waals surface area contributed by atoms with Gasteiger partial charge in [-0.3, -0.25) is 14.3 Å². The molecule has 1 aromatic carbocycles. The van der Waals surface area contributed by atoms with Crippen LogP contribution in [0.1, 0.15) is 0 Å². The van der Waals surface area contributed by atoms with Crippen molar-refractivity contribution in [3.8, 4) is 5.69 Å². The highest BCUT2D eigenvalue weighted by Gasteiger charge is 2.78. The highest BCUT2D eigenvalue weighted by Crippen LogP contribution is 2.48. The monoisotopic (exact) mass is 417 g/mol. The summed E-state index contributed by atoms with van der Waals surface area (Å²) in [4.78, 5) is 23.7. The van der Waals surface area contributed by atoms with E-state index < -0.39 is 41.3 Å². The first-order valence-electron chi connectivity index (χ1n) is 7.32. The van der Waals surface area contributed by atoms with E-state index in [1.165, 1.54) is 31.3 Å². The molecule has 0 spiro atoms. The third kappa shape index (κ3) is 3.24. The second-order valence-corrected chi connectivity index (χ2v) is 5.60. The number of aromatic nitrogens is 2. The molecule has 1 amide bonds. The van der Waals surface area contributed by atoms with Crippen LogP contribution in [0, 0.1) is 0 Å². The van der Waals surface area contributed by atoms with Gasteiger partial charge in [-0.2, -0.15) is 26.3 Å². The van der Waals surface area contributed by atoms with Gasteiger partial charge in [0.2, 0.25) is 0 Å². The summed E-state index contributed by atoms with van der Waals surface area (Å²) in [6.07, 6.45) is -4.40. The quantitative estimate of drug-likeness (QED) is 0.734. The van der Waals surface area contributed by atoms with E-state index >= 15 is 0 Å². The van der Waals surface area contributed by atoms with E-state index in [1.54, 1.807) is 6.07 Å². The van der Waals surface area contributed by atoms with Crippen molar-refractivity contribution in [3.05, 3.63) is 46.9 Å². The summed E-state index contributed by atoms with van der Waals surface area (Å²) >= 11 is 0. The Balaban J connectivity index is 2.39. The van der Waals surface area contributed by atoms with Crippen molar-refractivity contribution in [3.63, 3.8) is 0 Å². The van der Waals surface area contributed by atoms with E-state index in [-0.39, 0.29) is 5.69 Å². The topological polar surface area (TPSA) is 56.0 Å². The molecule has 28 heavy (non-hydrogen) atoms. The minimum absolute atomic E-state index is 0.205. The molecule has 0 radical (unpaired) electrons. The van der Waals surface area contributed by atoms with Gasteiger partial charge in [-0.15, -0.1) is 0 Å². The molecule has 13 heteroatoms. The fraction of sp³-hybridized carbons (Fsp3) is 0.333. The van der Waals surface area contributed by atoms with Gasteiger partial charge in [0.15, 0.2) is 0 Å². The zero-order chi connectivity index (χ0) is 21.5. The summed E-state index contributed by atoms with van der Waals surface area (Å²) in [5, 5.41) is 1.10. The van der Waals surface area contributed by atoms with Crippen LogP contribution in [0.3, 0.4) is 0 Å². The number of para-hydroxylation sites is 1. The molecular weight excluding hydrogens is 406 g/mol. The second-order valence-electron chi connectivity index (χ2n) is 5.60. The maximum Gasteiger partial charge on any atom is 0.393 e. The van der Waals surface area contributed by atoms with Crippen LogP contribution in [0.15, 0.2) is 41.3 Å². The number of alkyl halides is 8. The maximum atomic E-state index is 13.6. The van der Waals surface area contributed by atoms with Crippen LogP contribution in [-0.2, 0) is 11.8 Å². The lowest BCUT2D eigenvalue weighted by Crippen LogP contribution is -2.62. The number of carbonyl (C=O) groups is 1. The van der Waals surface area contributed by atoms with Crippen molar-refractivity contribution in [1.82, 2.24) is 9.36 Å². The minimum atomic E-state index is -6.72. The molecule has 1 N–H and O–H groups in total. The highest BCUT2D eigenvalue weighted by atomic mass is 19.4. The maximum absolute atomic E-state index is 13.6. The molecule has 0 aliphatic heterocycles. The van der Waals surface area contributed by atoms with Crippen molar-refractivity contribution in [1.29, 1.82) is 0 Å². The number of nitrogens with one attached hydrogen (secondary N) is 1. The number of nitrogens with zero attached hydrogens (tertiary/aromatic N) is 2. The summed E-state index contributed by atoms with van der Waals surface area (Å²) in [6.45, 7) is 0. The Labute approximate surface area is 151 Å². The Morgan fingerprint density at radius 1 is 1.04 bits per heavy atom. The Bertz CT molecular complexity index is 921. The number of hydrogen-bond donors (Lipinski definition) is 1. The molecule has 0 saturated carbocycles. The summed E-state index contributed by atoms with van der Waals surface area (Å²) in [5.74, 6) is -22.5. The summed E-state index contributed by atoms with van der Waals surface area (Å²) in [6, 6.07) is 7.44. The number of halogens is 8. The second kappa shape index (κ2) is 6.95. The molecule has 0 bridgehead atoms. The first-order chi connectivity index (χ1) is 12.7. The summed E-state index contributed by atoms with van der Waals surface area (Å²) in [7, 11) is 1.24. The molecule has 1 aromatic heterocycles. The van der Waals surface area contributed by atoms with Crippen LogP contribution < -0.4 is 10.9 Å². The molecule has 2 rings (SSSR count). The zero-order valence-electron chi connectivity index (χ0n) is 13.8. The van der Waals surface area contributed by atoms with Gasteiger partial charge in [0.25, 0.3) is 5.56 Å². The number of benzene rings is 1. The van der Waals surface area contributed by atoms with Gasteiger partial charge in [-0.1, -0.05) is 18.2 Å². The van der Waals surface area contributed by atoms with Gasteiger partial charge >= 0.3 is 30.1 Å². The molecule has 0 aliphatic carbocycles. The Kier molecular flexibility index (Phi) is 5.32. The third-order valence-electron chi connectivity index (χ3n) is 3.68. The number of amides is 1. The predicted octanol–water partition coefficient (Wildman–Crippen LogP) is 3.29. The van der Waals surface area contributed by atoms with Crippen molar-refractivity contribution in [2.75, 3.05) is 5.32 Å². The third-order valence-corrected chi connectivity index (χ3v) is 3.68. The van der Waals surface area contributed by atoms with E-state index in [2.05, 4.69) is 0 Å². The fourth-order valence-corrected chi connectivity index (χ4v) is 2.20. The predicted molar refractivity (Wildman–Crippen MR) is 80.5 cm³/mol. The number of anilines is 1. The molecule has 0 saturated heterocycles. The SMILES string of the molecule is Cn1cc(NC(=O)C(F)(F)C(F)(F)C(F)(F)C(F)F)c(=O)n1-c1ccccc1. The van der Waals surface area contributed by atoms with Gasteiger partial charge in [-0.25, -0.2) is 13.5 Å². The number of carbonyl (C=O) groups excluding carboxylic acids is 1. The van der Waals surface area contributed by atoms with Crippen LogP contribution in [-0.4, -0.2) is 39.5 Å². The van der Waals surface area contributed by atoms with Crippen LogP contribution in [0.4, 0.5) is 40.8 Å². The molecule has 154 valence electrons. The van der Waals surface area contributed by atoms with Gasteiger partial charge in [0, 0.05) is 7.05 Å². The average molecular weight is 417 g/mol. The minimum Gasteiger partial charge on any atom is -0.315 e. The number of aryl methyl sites for hydroxylation is 1. The molecule has 0 fully saturated rings. The molecular formula is C15H11F8N3O2. The van der Waals surface area contributed by atoms with Crippen LogP contribution >= 0.6 is 0 Å². The molecule has 0 aliphatic rings. The van der Waals surface area contributed by atoms with Crippen LogP contribution in [0.2, 0.25) is 0 Å². The van der Waals surface area contributed by atoms with Crippen molar-refractivity contribution < 1.29 is 39.9 Å². The standard InChI is InChI=1S/C15H11F8N3O2/c1-25-7-9(10(27)26(25)8-5-3-2-4-6-8)24-12(28)14(20,21)15(22,23)13(18,19)11(16)17/h2-7,11H,1H3,(H,24,28).